The SMILES string of the molecule is CCCNCc1ccn(CC2COc3ccccc32)c1. The third-order valence-electron chi connectivity index (χ3n) is 3.80. The molecule has 0 radical (unpaired) electrons. The Morgan fingerprint density at radius 1 is 1.30 bits per heavy atom. The van der Waals surface area contributed by atoms with Crippen molar-refractivity contribution in [3.63, 3.8) is 0 Å². The first-order valence-corrected chi connectivity index (χ1v) is 7.44. The van der Waals surface area contributed by atoms with Gasteiger partial charge in [0.2, 0.25) is 0 Å². The highest BCUT2D eigenvalue weighted by Gasteiger charge is 2.23. The van der Waals surface area contributed by atoms with Crippen LogP contribution in [0.4, 0.5) is 0 Å². The van der Waals surface area contributed by atoms with Crippen molar-refractivity contribution in [3.8, 4) is 5.75 Å². The summed E-state index contributed by atoms with van der Waals surface area (Å²) < 4.78 is 8.02. The average molecular weight is 270 g/mol. The van der Waals surface area contributed by atoms with E-state index in [1.807, 2.05) is 6.07 Å². The Hall–Kier alpha value is -1.74. The van der Waals surface area contributed by atoms with Crippen LogP contribution in [-0.2, 0) is 13.1 Å². The molecule has 1 aromatic heterocycles. The van der Waals surface area contributed by atoms with Gasteiger partial charge in [0.25, 0.3) is 0 Å². The minimum absolute atomic E-state index is 0.468. The van der Waals surface area contributed by atoms with Crippen LogP contribution in [0.2, 0.25) is 0 Å². The fourth-order valence-electron chi connectivity index (χ4n) is 2.75. The van der Waals surface area contributed by atoms with Gasteiger partial charge in [-0.2, -0.15) is 0 Å². The highest BCUT2D eigenvalue weighted by Crippen LogP contribution is 2.34. The van der Waals surface area contributed by atoms with E-state index in [1.54, 1.807) is 0 Å². The Morgan fingerprint density at radius 3 is 3.10 bits per heavy atom. The first-order valence-electron chi connectivity index (χ1n) is 7.44. The summed E-state index contributed by atoms with van der Waals surface area (Å²) in [7, 11) is 0. The highest BCUT2D eigenvalue weighted by atomic mass is 16.5. The summed E-state index contributed by atoms with van der Waals surface area (Å²) in [5, 5.41) is 3.44. The third-order valence-corrected chi connectivity index (χ3v) is 3.80. The maximum atomic E-state index is 5.74. The number of hydrogen-bond donors (Lipinski definition) is 1. The van der Waals surface area contributed by atoms with Crippen LogP contribution in [-0.4, -0.2) is 17.7 Å². The smallest absolute Gasteiger partial charge is 0.122 e. The van der Waals surface area contributed by atoms with Crippen molar-refractivity contribution in [2.75, 3.05) is 13.2 Å². The molecule has 1 aromatic carbocycles. The molecule has 1 atom stereocenters. The van der Waals surface area contributed by atoms with Crippen LogP contribution in [0.5, 0.6) is 5.75 Å². The number of ether oxygens (including phenoxy) is 1. The Kier molecular flexibility index (Phi) is 4.07. The van der Waals surface area contributed by atoms with Crippen molar-refractivity contribution in [2.24, 2.45) is 0 Å². The van der Waals surface area contributed by atoms with Gasteiger partial charge in [0.1, 0.15) is 5.75 Å². The minimum atomic E-state index is 0.468. The molecule has 0 spiro atoms. The lowest BCUT2D eigenvalue weighted by Gasteiger charge is -2.10. The van der Waals surface area contributed by atoms with Crippen molar-refractivity contribution in [3.05, 3.63) is 53.9 Å². The van der Waals surface area contributed by atoms with E-state index in [4.69, 9.17) is 4.74 Å². The number of para-hydroxylation sites is 1. The van der Waals surface area contributed by atoms with Gasteiger partial charge >= 0.3 is 0 Å². The largest absolute Gasteiger partial charge is 0.493 e. The zero-order valence-corrected chi connectivity index (χ0v) is 12.0. The molecule has 0 bridgehead atoms. The van der Waals surface area contributed by atoms with Crippen LogP contribution in [0.15, 0.2) is 42.7 Å². The quantitative estimate of drug-likeness (QED) is 0.816. The number of rotatable bonds is 6. The van der Waals surface area contributed by atoms with Crippen molar-refractivity contribution < 1.29 is 4.74 Å². The van der Waals surface area contributed by atoms with E-state index in [0.29, 0.717) is 5.92 Å². The molecule has 0 fully saturated rings. The molecule has 1 N–H and O–H groups in total. The monoisotopic (exact) mass is 270 g/mol. The van der Waals surface area contributed by atoms with Gasteiger partial charge in [0.05, 0.1) is 6.61 Å². The molecule has 2 heterocycles. The molecule has 106 valence electrons. The van der Waals surface area contributed by atoms with Crippen LogP contribution in [0, 0.1) is 0 Å². The summed E-state index contributed by atoms with van der Waals surface area (Å²) in [5.41, 5.74) is 2.69. The van der Waals surface area contributed by atoms with Gasteiger partial charge in [-0.05, 0) is 30.7 Å². The second-order valence-corrected chi connectivity index (χ2v) is 5.44. The molecule has 1 aliphatic heterocycles. The highest BCUT2D eigenvalue weighted by molar-refractivity contribution is 5.39. The van der Waals surface area contributed by atoms with Crippen LogP contribution < -0.4 is 10.1 Å². The number of nitrogens with one attached hydrogen (secondary N) is 1. The number of nitrogens with zero attached hydrogens (tertiary/aromatic N) is 1. The third kappa shape index (κ3) is 2.88. The molecule has 0 amide bonds. The normalized spacial score (nSPS) is 16.9. The van der Waals surface area contributed by atoms with E-state index in [2.05, 4.69) is 53.5 Å². The van der Waals surface area contributed by atoms with E-state index in [-0.39, 0.29) is 0 Å². The Balaban J connectivity index is 1.62. The van der Waals surface area contributed by atoms with Gasteiger partial charge < -0.3 is 14.6 Å². The van der Waals surface area contributed by atoms with Crippen LogP contribution >= 0.6 is 0 Å². The van der Waals surface area contributed by atoms with Crippen molar-refractivity contribution >= 4 is 0 Å². The fourth-order valence-corrected chi connectivity index (χ4v) is 2.75. The average Bonchev–Trinajstić information content (AvgIpc) is 3.08. The second kappa shape index (κ2) is 6.14. The number of fused-ring (bicyclic) bond motifs is 1. The van der Waals surface area contributed by atoms with Gasteiger partial charge in [-0.3, -0.25) is 0 Å². The first-order chi connectivity index (χ1) is 9.86. The van der Waals surface area contributed by atoms with Gasteiger partial charge in [-0.15, -0.1) is 0 Å². The summed E-state index contributed by atoms with van der Waals surface area (Å²) in [6, 6.07) is 10.6. The molecular formula is C17H22N2O. The van der Waals surface area contributed by atoms with E-state index in [1.165, 1.54) is 17.5 Å². The lowest BCUT2D eigenvalue weighted by Crippen LogP contribution is -2.13. The molecule has 20 heavy (non-hydrogen) atoms. The van der Waals surface area contributed by atoms with E-state index in [9.17, 15) is 0 Å². The molecular weight excluding hydrogens is 248 g/mol. The standard InChI is InChI=1S/C17H22N2O/c1-2-8-18-10-14-7-9-19(11-14)12-15-13-20-17-6-4-3-5-16(15)17/h3-7,9,11,15,18H,2,8,10,12-13H2,1H3. The maximum Gasteiger partial charge on any atom is 0.122 e. The van der Waals surface area contributed by atoms with E-state index in [0.717, 1.165) is 32.0 Å². The van der Waals surface area contributed by atoms with Gasteiger partial charge in [0.15, 0.2) is 0 Å². The Bertz CT molecular complexity index is 562. The van der Waals surface area contributed by atoms with E-state index < -0.39 is 0 Å². The van der Waals surface area contributed by atoms with Crippen molar-refractivity contribution in [1.82, 2.24) is 9.88 Å². The number of aromatic nitrogens is 1. The molecule has 1 aliphatic rings. The topological polar surface area (TPSA) is 26.2 Å². The summed E-state index contributed by atoms with van der Waals surface area (Å²) in [6.07, 6.45) is 5.59. The van der Waals surface area contributed by atoms with Crippen LogP contribution in [0.25, 0.3) is 0 Å². The molecule has 3 rings (SSSR count). The molecule has 0 aliphatic carbocycles. The van der Waals surface area contributed by atoms with Crippen LogP contribution in [0.1, 0.15) is 30.4 Å². The number of hydrogen-bond acceptors (Lipinski definition) is 2. The maximum absolute atomic E-state index is 5.74. The predicted molar refractivity (Wildman–Crippen MR) is 81.1 cm³/mol. The molecule has 2 aromatic rings. The van der Waals surface area contributed by atoms with Gasteiger partial charge in [-0.25, -0.2) is 0 Å². The van der Waals surface area contributed by atoms with Crippen molar-refractivity contribution in [2.45, 2.75) is 32.4 Å². The van der Waals surface area contributed by atoms with Gasteiger partial charge in [-0.1, -0.05) is 25.1 Å². The van der Waals surface area contributed by atoms with Crippen molar-refractivity contribution in [1.29, 1.82) is 0 Å². The summed E-state index contributed by atoms with van der Waals surface area (Å²) in [4.78, 5) is 0. The van der Waals surface area contributed by atoms with Gasteiger partial charge in [0, 0.05) is 37.0 Å². The minimum Gasteiger partial charge on any atom is -0.493 e. The lowest BCUT2D eigenvalue weighted by molar-refractivity contribution is 0.319. The van der Waals surface area contributed by atoms with Crippen LogP contribution in [0.3, 0.4) is 0 Å². The Labute approximate surface area is 120 Å². The second-order valence-electron chi connectivity index (χ2n) is 5.44. The summed E-state index contributed by atoms with van der Waals surface area (Å²) in [5.74, 6) is 1.52. The molecule has 0 saturated carbocycles. The lowest BCUT2D eigenvalue weighted by atomic mass is 10.0. The molecule has 1 unspecified atom stereocenters. The zero-order chi connectivity index (χ0) is 13.8. The molecule has 0 saturated heterocycles. The number of benzene rings is 1. The molecule has 3 nitrogen and oxygen atoms in total. The van der Waals surface area contributed by atoms with E-state index >= 15 is 0 Å². The first kappa shape index (κ1) is 13.3. The summed E-state index contributed by atoms with van der Waals surface area (Å²) >= 11 is 0. The fraction of sp³-hybridized carbons (Fsp3) is 0.412. The zero-order valence-electron chi connectivity index (χ0n) is 12.0. The Morgan fingerprint density at radius 2 is 2.20 bits per heavy atom. The predicted octanol–water partition coefficient (Wildman–Crippen LogP) is 3.16. The summed E-state index contributed by atoms with van der Waals surface area (Å²) in [6.45, 7) is 6.01. The molecule has 3 heteroatoms.